The number of nitrogens with zero attached hydrogens (tertiary/aromatic N) is 6. The number of benzene rings is 2. The third kappa shape index (κ3) is 4.37. The number of aromatic nitrogens is 4. The summed E-state index contributed by atoms with van der Waals surface area (Å²) in [6.07, 6.45) is 1.75. The molecule has 2 saturated heterocycles. The Balaban J connectivity index is 1.24. The number of hydrogen-bond acceptors (Lipinski definition) is 8. The first-order valence-corrected chi connectivity index (χ1v) is 11.7. The molecule has 2 amide bonds. The number of tetrazole rings is 1. The molecule has 10 heteroatoms. The highest BCUT2D eigenvalue weighted by Gasteiger charge is 2.43. The van der Waals surface area contributed by atoms with Crippen molar-refractivity contribution in [3.63, 3.8) is 0 Å². The molecule has 2 aromatic carbocycles. The number of imide groups is 1. The highest BCUT2D eigenvalue weighted by atomic mass is 16.5. The Kier molecular flexibility index (Phi) is 6.21. The molecule has 2 fully saturated rings. The van der Waals surface area contributed by atoms with Crippen LogP contribution in [0.15, 0.2) is 42.5 Å². The summed E-state index contributed by atoms with van der Waals surface area (Å²) in [5.41, 5.74) is 2.45. The van der Waals surface area contributed by atoms with Gasteiger partial charge in [0.05, 0.1) is 38.4 Å². The van der Waals surface area contributed by atoms with E-state index in [1.807, 2.05) is 49.4 Å². The second kappa shape index (κ2) is 9.46. The number of carbonyl (C=O) groups is 2. The minimum Gasteiger partial charge on any atom is -0.493 e. The maximum atomic E-state index is 13.1. The molecule has 0 unspecified atom stereocenters. The first-order valence-electron chi connectivity index (χ1n) is 11.7. The average molecular weight is 477 g/mol. The van der Waals surface area contributed by atoms with E-state index in [-0.39, 0.29) is 24.3 Å². The largest absolute Gasteiger partial charge is 0.493 e. The second-order valence-electron chi connectivity index (χ2n) is 8.90. The van der Waals surface area contributed by atoms with Crippen LogP contribution in [0.1, 0.15) is 30.9 Å². The standard InChI is InChI=1S/C25H28N6O4/c1-16-5-4-6-19(13-16)30-23(32)15-20(25(30)33)29-11-9-18(10-12-29)31-27-24(26-28-31)17-7-8-21(34-2)22(14-17)35-3/h4-8,13-14,18,20H,9-12,15H2,1-3H3/t20-/m0/s1. The lowest BCUT2D eigenvalue weighted by Gasteiger charge is -2.34. The number of piperidine rings is 1. The number of rotatable bonds is 6. The van der Waals surface area contributed by atoms with E-state index in [9.17, 15) is 9.59 Å². The zero-order valence-electron chi connectivity index (χ0n) is 20.0. The lowest BCUT2D eigenvalue weighted by molar-refractivity contribution is -0.123. The van der Waals surface area contributed by atoms with Crippen molar-refractivity contribution in [2.45, 2.75) is 38.3 Å². The van der Waals surface area contributed by atoms with Gasteiger partial charge in [-0.1, -0.05) is 12.1 Å². The molecule has 0 aliphatic carbocycles. The van der Waals surface area contributed by atoms with E-state index in [0.717, 1.165) is 24.0 Å². The summed E-state index contributed by atoms with van der Waals surface area (Å²) in [7, 11) is 3.18. The average Bonchev–Trinajstić information content (AvgIpc) is 3.48. The van der Waals surface area contributed by atoms with Crippen LogP contribution in [0, 0.1) is 6.92 Å². The number of anilines is 1. The quantitative estimate of drug-likeness (QED) is 0.501. The highest BCUT2D eigenvalue weighted by molar-refractivity contribution is 6.22. The topological polar surface area (TPSA) is 103 Å². The smallest absolute Gasteiger partial charge is 0.251 e. The summed E-state index contributed by atoms with van der Waals surface area (Å²) < 4.78 is 10.7. The molecule has 5 rings (SSSR count). The zero-order valence-corrected chi connectivity index (χ0v) is 20.0. The molecule has 1 aromatic heterocycles. The van der Waals surface area contributed by atoms with Gasteiger partial charge in [-0.05, 0) is 60.9 Å². The number of aryl methyl sites for hydroxylation is 1. The fraction of sp³-hybridized carbons (Fsp3) is 0.400. The number of amides is 2. The minimum atomic E-state index is -0.421. The van der Waals surface area contributed by atoms with Crippen LogP contribution >= 0.6 is 0 Å². The molecule has 1 atom stereocenters. The molecule has 0 saturated carbocycles. The summed E-state index contributed by atoms with van der Waals surface area (Å²) in [4.78, 5) is 30.9. The van der Waals surface area contributed by atoms with Gasteiger partial charge in [-0.15, -0.1) is 10.2 Å². The summed E-state index contributed by atoms with van der Waals surface area (Å²) in [6, 6.07) is 12.7. The fourth-order valence-electron chi connectivity index (χ4n) is 4.84. The monoisotopic (exact) mass is 476 g/mol. The van der Waals surface area contributed by atoms with Gasteiger partial charge in [-0.25, -0.2) is 4.90 Å². The van der Waals surface area contributed by atoms with Crippen molar-refractivity contribution < 1.29 is 19.1 Å². The molecule has 3 heterocycles. The lowest BCUT2D eigenvalue weighted by Crippen LogP contribution is -2.46. The Hall–Kier alpha value is -3.79. The molecule has 2 aliphatic rings. The van der Waals surface area contributed by atoms with Crippen LogP contribution in [0.4, 0.5) is 5.69 Å². The van der Waals surface area contributed by atoms with E-state index in [4.69, 9.17) is 9.47 Å². The third-order valence-electron chi connectivity index (χ3n) is 6.72. The van der Waals surface area contributed by atoms with E-state index in [0.29, 0.717) is 36.1 Å². The first-order chi connectivity index (χ1) is 17.0. The Labute approximate surface area is 203 Å². The van der Waals surface area contributed by atoms with Gasteiger partial charge in [0, 0.05) is 18.7 Å². The zero-order chi connectivity index (χ0) is 24.5. The third-order valence-corrected chi connectivity index (χ3v) is 6.72. The molecule has 0 bridgehead atoms. The number of methoxy groups -OCH3 is 2. The van der Waals surface area contributed by atoms with Crippen molar-refractivity contribution in [1.82, 2.24) is 25.1 Å². The van der Waals surface area contributed by atoms with Crippen LogP contribution < -0.4 is 14.4 Å². The van der Waals surface area contributed by atoms with Crippen molar-refractivity contribution in [2.24, 2.45) is 0 Å². The number of hydrogen-bond donors (Lipinski definition) is 0. The number of likely N-dealkylation sites (tertiary alicyclic amines) is 1. The second-order valence-corrected chi connectivity index (χ2v) is 8.90. The molecular weight excluding hydrogens is 448 g/mol. The van der Waals surface area contributed by atoms with Crippen LogP contribution in [0.3, 0.4) is 0 Å². The van der Waals surface area contributed by atoms with Gasteiger partial charge in [0.2, 0.25) is 11.7 Å². The Morgan fingerprint density at radius 2 is 1.74 bits per heavy atom. The number of carbonyl (C=O) groups excluding carboxylic acids is 2. The van der Waals surface area contributed by atoms with Crippen molar-refractivity contribution in [1.29, 1.82) is 0 Å². The molecule has 2 aliphatic heterocycles. The molecule has 0 N–H and O–H groups in total. The van der Waals surface area contributed by atoms with Crippen LogP contribution in [-0.2, 0) is 9.59 Å². The van der Waals surface area contributed by atoms with E-state index < -0.39 is 6.04 Å². The van der Waals surface area contributed by atoms with Crippen LogP contribution in [0.25, 0.3) is 11.4 Å². The molecule has 0 spiro atoms. The van der Waals surface area contributed by atoms with Crippen molar-refractivity contribution >= 4 is 17.5 Å². The first kappa shape index (κ1) is 23.0. The van der Waals surface area contributed by atoms with Crippen LogP contribution in [0.2, 0.25) is 0 Å². The molecule has 10 nitrogen and oxygen atoms in total. The summed E-state index contributed by atoms with van der Waals surface area (Å²) in [6.45, 7) is 3.32. The van der Waals surface area contributed by atoms with Crippen molar-refractivity contribution in [2.75, 3.05) is 32.2 Å². The highest BCUT2D eigenvalue weighted by Crippen LogP contribution is 2.32. The van der Waals surface area contributed by atoms with Crippen molar-refractivity contribution in [3.8, 4) is 22.9 Å². The van der Waals surface area contributed by atoms with Gasteiger partial charge in [0.15, 0.2) is 11.5 Å². The Morgan fingerprint density at radius 1 is 0.971 bits per heavy atom. The predicted molar refractivity (Wildman–Crippen MR) is 128 cm³/mol. The maximum absolute atomic E-state index is 13.1. The minimum absolute atomic E-state index is 0.0766. The Bertz CT molecular complexity index is 1250. The van der Waals surface area contributed by atoms with Gasteiger partial charge in [-0.2, -0.15) is 4.80 Å². The van der Waals surface area contributed by atoms with Crippen LogP contribution in [-0.4, -0.2) is 70.3 Å². The normalized spacial score (nSPS) is 19.4. The van der Waals surface area contributed by atoms with Gasteiger partial charge < -0.3 is 9.47 Å². The van der Waals surface area contributed by atoms with Gasteiger partial charge >= 0.3 is 0 Å². The Morgan fingerprint density at radius 3 is 2.46 bits per heavy atom. The van der Waals surface area contributed by atoms with Gasteiger partial charge in [0.25, 0.3) is 5.91 Å². The SMILES string of the molecule is COc1ccc(-c2nnn(C3CCN([C@H]4CC(=O)N(c5cccc(C)c5)C4=O)CC3)n2)cc1OC. The molecule has 182 valence electrons. The summed E-state index contributed by atoms with van der Waals surface area (Å²) in [5, 5.41) is 13.1. The van der Waals surface area contributed by atoms with Gasteiger partial charge in [-0.3, -0.25) is 14.5 Å². The predicted octanol–water partition coefficient (Wildman–Crippen LogP) is 2.63. The molecule has 35 heavy (non-hydrogen) atoms. The van der Waals surface area contributed by atoms with E-state index >= 15 is 0 Å². The van der Waals surface area contributed by atoms with Gasteiger partial charge in [0.1, 0.15) is 0 Å². The van der Waals surface area contributed by atoms with E-state index in [2.05, 4.69) is 20.3 Å². The van der Waals surface area contributed by atoms with E-state index in [1.165, 1.54) is 4.90 Å². The maximum Gasteiger partial charge on any atom is 0.251 e. The molecule has 0 radical (unpaired) electrons. The van der Waals surface area contributed by atoms with E-state index in [1.54, 1.807) is 19.0 Å². The molecular formula is C25H28N6O4. The number of ether oxygens (including phenoxy) is 2. The molecule has 3 aromatic rings. The summed E-state index contributed by atoms with van der Waals surface area (Å²) >= 11 is 0. The summed E-state index contributed by atoms with van der Waals surface area (Å²) in [5.74, 6) is 1.46. The fourth-order valence-corrected chi connectivity index (χ4v) is 4.84. The van der Waals surface area contributed by atoms with Crippen molar-refractivity contribution in [3.05, 3.63) is 48.0 Å². The van der Waals surface area contributed by atoms with Crippen LogP contribution in [0.5, 0.6) is 11.5 Å². The lowest BCUT2D eigenvalue weighted by atomic mass is 10.0.